The zero-order valence-electron chi connectivity index (χ0n) is 10.3. The number of hydrogen-bond acceptors (Lipinski definition) is 2. The van der Waals surface area contributed by atoms with Crippen molar-refractivity contribution >= 4 is 21.8 Å². The molecule has 0 saturated heterocycles. The summed E-state index contributed by atoms with van der Waals surface area (Å²) in [6.07, 6.45) is 0. The summed E-state index contributed by atoms with van der Waals surface area (Å²) < 4.78 is 32.5. The van der Waals surface area contributed by atoms with Gasteiger partial charge in [-0.3, -0.25) is 5.41 Å². The third-order valence-corrected chi connectivity index (χ3v) is 3.26. The second kappa shape index (κ2) is 6.00. The van der Waals surface area contributed by atoms with Crippen LogP contribution in [0.15, 0.2) is 40.9 Å². The van der Waals surface area contributed by atoms with Crippen molar-refractivity contribution in [3.63, 3.8) is 0 Å². The first kappa shape index (κ1) is 14.5. The van der Waals surface area contributed by atoms with Crippen LogP contribution in [0.25, 0.3) is 0 Å². The van der Waals surface area contributed by atoms with Gasteiger partial charge in [0.1, 0.15) is 29.8 Å². The quantitative estimate of drug-likeness (QED) is 0.660. The third-order valence-electron chi connectivity index (χ3n) is 2.65. The van der Waals surface area contributed by atoms with E-state index in [2.05, 4.69) is 15.9 Å². The fourth-order valence-electron chi connectivity index (χ4n) is 1.56. The van der Waals surface area contributed by atoms with Crippen LogP contribution in [0.3, 0.4) is 0 Å². The fraction of sp³-hybridized carbons (Fsp3) is 0.0714. The molecule has 20 heavy (non-hydrogen) atoms. The molecule has 0 atom stereocenters. The number of rotatable bonds is 4. The lowest BCUT2D eigenvalue weighted by atomic mass is 10.1. The number of halogens is 3. The molecule has 0 unspecified atom stereocenters. The van der Waals surface area contributed by atoms with Crippen LogP contribution in [0.1, 0.15) is 11.1 Å². The van der Waals surface area contributed by atoms with Crippen LogP contribution in [-0.2, 0) is 6.61 Å². The van der Waals surface area contributed by atoms with Gasteiger partial charge in [-0.15, -0.1) is 0 Å². The molecule has 0 fully saturated rings. The third kappa shape index (κ3) is 3.33. The number of nitrogens with one attached hydrogen (secondary N) is 1. The Morgan fingerprint density at radius 3 is 2.50 bits per heavy atom. The molecule has 0 saturated carbocycles. The molecule has 0 bridgehead atoms. The molecular weight excluding hydrogens is 330 g/mol. The maximum atomic E-state index is 13.8. The lowest BCUT2D eigenvalue weighted by molar-refractivity contribution is 0.299. The highest BCUT2D eigenvalue weighted by atomic mass is 79.9. The average Bonchev–Trinajstić information content (AvgIpc) is 2.41. The molecule has 3 nitrogen and oxygen atoms in total. The van der Waals surface area contributed by atoms with Crippen molar-refractivity contribution in [2.45, 2.75) is 6.61 Å². The molecule has 3 N–H and O–H groups in total. The Kier molecular flexibility index (Phi) is 4.34. The second-order valence-corrected chi connectivity index (χ2v) is 4.94. The van der Waals surface area contributed by atoms with E-state index < -0.39 is 11.6 Å². The van der Waals surface area contributed by atoms with Gasteiger partial charge in [0.05, 0.1) is 4.47 Å². The van der Waals surface area contributed by atoms with Gasteiger partial charge in [0.2, 0.25) is 0 Å². The summed E-state index contributed by atoms with van der Waals surface area (Å²) in [7, 11) is 0. The summed E-state index contributed by atoms with van der Waals surface area (Å²) >= 11 is 3.05. The lowest BCUT2D eigenvalue weighted by Gasteiger charge is -2.09. The number of benzene rings is 2. The van der Waals surface area contributed by atoms with E-state index in [1.54, 1.807) is 6.07 Å². The van der Waals surface area contributed by atoms with Gasteiger partial charge < -0.3 is 10.5 Å². The van der Waals surface area contributed by atoms with Crippen molar-refractivity contribution in [3.8, 4) is 5.75 Å². The first-order valence-electron chi connectivity index (χ1n) is 5.68. The van der Waals surface area contributed by atoms with Crippen molar-refractivity contribution in [1.82, 2.24) is 0 Å². The number of amidine groups is 1. The highest BCUT2D eigenvalue weighted by Crippen LogP contribution is 2.23. The fourth-order valence-corrected chi connectivity index (χ4v) is 1.92. The van der Waals surface area contributed by atoms with E-state index in [0.717, 1.165) is 0 Å². The summed E-state index contributed by atoms with van der Waals surface area (Å²) in [5.41, 5.74) is 5.92. The van der Waals surface area contributed by atoms with Crippen LogP contribution >= 0.6 is 15.9 Å². The van der Waals surface area contributed by atoms with Gasteiger partial charge >= 0.3 is 0 Å². The molecule has 0 radical (unpaired) electrons. The predicted octanol–water partition coefficient (Wildman–Crippen LogP) is 3.59. The molecule has 2 aromatic carbocycles. The summed E-state index contributed by atoms with van der Waals surface area (Å²) in [4.78, 5) is 0. The summed E-state index contributed by atoms with van der Waals surface area (Å²) in [6.45, 7) is 0.00207. The van der Waals surface area contributed by atoms with Crippen LogP contribution in [-0.4, -0.2) is 5.84 Å². The van der Waals surface area contributed by atoms with E-state index in [-0.39, 0.29) is 16.9 Å². The topological polar surface area (TPSA) is 59.1 Å². The van der Waals surface area contributed by atoms with Gasteiger partial charge in [-0.2, -0.15) is 0 Å². The van der Waals surface area contributed by atoms with Crippen molar-refractivity contribution < 1.29 is 13.5 Å². The number of nitrogens with two attached hydrogens (primary N) is 1. The molecule has 0 aliphatic heterocycles. The Morgan fingerprint density at radius 2 is 1.90 bits per heavy atom. The number of hydrogen-bond donors (Lipinski definition) is 2. The number of nitrogen functional groups attached to an aromatic ring is 1. The van der Waals surface area contributed by atoms with Crippen LogP contribution < -0.4 is 10.5 Å². The minimum atomic E-state index is -0.501. The van der Waals surface area contributed by atoms with E-state index in [0.29, 0.717) is 16.9 Å². The summed E-state index contributed by atoms with van der Waals surface area (Å²) in [5, 5.41) is 7.22. The summed E-state index contributed by atoms with van der Waals surface area (Å²) in [6, 6.07) is 8.42. The highest BCUT2D eigenvalue weighted by Gasteiger charge is 2.07. The Hall–Kier alpha value is -1.95. The Bertz CT molecular complexity index is 662. The minimum Gasteiger partial charge on any atom is -0.489 e. The Morgan fingerprint density at radius 1 is 1.15 bits per heavy atom. The molecule has 0 aromatic heterocycles. The predicted molar refractivity (Wildman–Crippen MR) is 75.8 cm³/mol. The maximum Gasteiger partial charge on any atom is 0.137 e. The van der Waals surface area contributed by atoms with E-state index in [4.69, 9.17) is 15.9 Å². The molecule has 0 amide bonds. The molecule has 0 aliphatic rings. The first-order valence-corrected chi connectivity index (χ1v) is 6.47. The van der Waals surface area contributed by atoms with Gasteiger partial charge in [0.25, 0.3) is 0 Å². The van der Waals surface area contributed by atoms with E-state index >= 15 is 0 Å². The van der Waals surface area contributed by atoms with Crippen molar-refractivity contribution in [3.05, 3.63) is 63.6 Å². The monoisotopic (exact) mass is 340 g/mol. The number of ether oxygens (including phenoxy) is 1. The van der Waals surface area contributed by atoms with Gasteiger partial charge in [-0.1, -0.05) is 12.1 Å². The zero-order valence-corrected chi connectivity index (χ0v) is 11.9. The van der Waals surface area contributed by atoms with Gasteiger partial charge in [0.15, 0.2) is 0 Å². The van der Waals surface area contributed by atoms with Crippen LogP contribution in [0.4, 0.5) is 8.78 Å². The van der Waals surface area contributed by atoms with Crippen LogP contribution in [0.2, 0.25) is 0 Å². The smallest absolute Gasteiger partial charge is 0.137 e. The van der Waals surface area contributed by atoms with Gasteiger partial charge in [-0.05, 0) is 40.2 Å². The van der Waals surface area contributed by atoms with Crippen LogP contribution in [0.5, 0.6) is 5.75 Å². The Balaban J connectivity index is 2.10. The minimum absolute atomic E-state index is 0.00207. The van der Waals surface area contributed by atoms with Gasteiger partial charge in [-0.25, -0.2) is 8.78 Å². The van der Waals surface area contributed by atoms with Gasteiger partial charge in [0, 0.05) is 11.1 Å². The van der Waals surface area contributed by atoms with E-state index in [1.165, 1.54) is 30.3 Å². The molecule has 0 aliphatic carbocycles. The average molecular weight is 341 g/mol. The maximum absolute atomic E-state index is 13.8. The van der Waals surface area contributed by atoms with E-state index in [1.807, 2.05) is 0 Å². The molecule has 0 spiro atoms. The first-order chi connectivity index (χ1) is 9.47. The van der Waals surface area contributed by atoms with Crippen molar-refractivity contribution in [2.75, 3.05) is 0 Å². The lowest BCUT2D eigenvalue weighted by Crippen LogP contribution is -2.12. The molecule has 0 heterocycles. The van der Waals surface area contributed by atoms with Crippen LogP contribution in [0, 0.1) is 17.0 Å². The Labute approximate surface area is 123 Å². The standard InChI is InChI=1S/C14H11BrF2N2O/c15-11-6-10(3-4-12(11)16)20-7-9-2-1-8(14(18)19)5-13(9)17/h1-6H,7H2,(H3,18,19). The SMILES string of the molecule is N=C(N)c1ccc(COc2ccc(F)c(Br)c2)c(F)c1. The van der Waals surface area contributed by atoms with Crippen molar-refractivity contribution in [2.24, 2.45) is 5.73 Å². The normalized spacial score (nSPS) is 10.3. The highest BCUT2D eigenvalue weighted by molar-refractivity contribution is 9.10. The zero-order chi connectivity index (χ0) is 14.7. The largest absolute Gasteiger partial charge is 0.489 e. The summed E-state index contributed by atoms with van der Waals surface area (Å²) in [5.74, 6) is -0.666. The molecule has 2 rings (SSSR count). The second-order valence-electron chi connectivity index (χ2n) is 4.08. The van der Waals surface area contributed by atoms with E-state index in [9.17, 15) is 8.78 Å². The molecule has 104 valence electrons. The molecular formula is C14H11BrF2N2O. The molecule has 6 heteroatoms. The van der Waals surface area contributed by atoms with Crippen molar-refractivity contribution in [1.29, 1.82) is 5.41 Å². The molecule has 2 aromatic rings.